The van der Waals surface area contributed by atoms with E-state index in [1.807, 2.05) is 6.07 Å². The van der Waals surface area contributed by atoms with Crippen molar-refractivity contribution in [2.45, 2.75) is 19.8 Å². The van der Waals surface area contributed by atoms with Crippen molar-refractivity contribution in [1.82, 2.24) is 0 Å². The molecule has 0 spiro atoms. The lowest BCUT2D eigenvalue weighted by atomic mass is 10.0. The molecule has 0 N–H and O–H groups in total. The quantitative estimate of drug-likeness (QED) is 0.752. The molecule has 3 heteroatoms. The first-order valence-corrected chi connectivity index (χ1v) is 5.79. The maximum atomic E-state index is 13.7. The Bertz CT molecular complexity index is 512. The van der Waals surface area contributed by atoms with Crippen LogP contribution in [0.25, 0.3) is 0 Å². The van der Waals surface area contributed by atoms with Crippen molar-refractivity contribution < 1.29 is 13.5 Å². The van der Waals surface area contributed by atoms with Gasteiger partial charge in [-0.25, -0.2) is 8.78 Å². The highest BCUT2D eigenvalue weighted by Gasteiger charge is 2.15. The molecule has 1 nitrogen and oxygen atoms in total. The molecule has 2 aromatic rings. The first-order chi connectivity index (χ1) is 8.58. The molecule has 0 aliphatic heterocycles. The minimum Gasteiger partial charge on any atom is -0.457 e. The average Bonchev–Trinajstić information content (AvgIpc) is 2.28. The van der Waals surface area contributed by atoms with Crippen LogP contribution in [0.1, 0.15) is 25.3 Å². The van der Waals surface area contributed by atoms with Gasteiger partial charge in [-0.2, -0.15) is 0 Å². The Hall–Kier alpha value is -1.90. The monoisotopic (exact) mass is 248 g/mol. The standard InChI is InChI=1S/C15H14F2O/c1-10(2)15-13(16)8-12(9-14(15)17)18-11-6-4-3-5-7-11/h3-10H,1-2H3. The van der Waals surface area contributed by atoms with Crippen LogP contribution >= 0.6 is 0 Å². The first kappa shape index (κ1) is 12.6. The molecule has 0 bridgehead atoms. The maximum absolute atomic E-state index is 13.7. The molecule has 0 fully saturated rings. The Morgan fingerprint density at radius 2 is 1.44 bits per heavy atom. The fourth-order valence-electron chi connectivity index (χ4n) is 1.80. The molecule has 18 heavy (non-hydrogen) atoms. The van der Waals surface area contributed by atoms with Gasteiger partial charge in [-0.3, -0.25) is 0 Å². The van der Waals surface area contributed by atoms with Gasteiger partial charge in [0.15, 0.2) is 0 Å². The summed E-state index contributed by atoms with van der Waals surface area (Å²) in [4.78, 5) is 0. The molecule has 2 aromatic carbocycles. The second-order valence-electron chi connectivity index (χ2n) is 4.37. The molecule has 0 aliphatic rings. The van der Waals surface area contributed by atoms with Crippen LogP contribution < -0.4 is 4.74 Å². The lowest BCUT2D eigenvalue weighted by Crippen LogP contribution is -1.99. The Morgan fingerprint density at radius 1 is 0.889 bits per heavy atom. The van der Waals surface area contributed by atoms with Crippen molar-refractivity contribution in [2.24, 2.45) is 0 Å². The van der Waals surface area contributed by atoms with Crippen LogP contribution in [0.15, 0.2) is 42.5 Å². The molecular formula is C15H14F2O. The summed E-state index contributed by atoms with van der Waals surface area (Å²) in [6, 6.07) is 11.3. The molecule has 0 radical (unpaired) electrons. The highest BCUT2D eigenvalue weighted by atomic mass is 19.1. The van der Waals surface area contributed by atoms with E-state index in [1.165, 1.54) is 12.1 Å². The van der Waals surface area contributed by atoms with Gasteiger partial charge in [0.2, 0.25) is 0 Å². The van der Waals surface area contributed by atoms with E-state index in [1.54, 1.807) is 38.1 Å². The minimum absolute atomic E-state index is 0.0930. The number of benzene rings is 2. The summed E-state index contributed by atoms with van der Waals surface area (Å²) in [5.74, 6) is -0.628. The van der Waals surface area contributed by atoms with Gasteiger partial charge in [0.05, 0.1) is 0 Å². The van der Waals surface area contributed by atoms with Crippen LogP contribution in [0.3, 0.4) is 0 Å². The van der Waals surface area contributed by atoms with Crippen LogP contribution in [0.2, 0.25) is 0 Å². The molecule has 0 unspecified atom stereocenters. The molecule has 0 saturated carbocycles. The highest BCUT2D eigenvalue weighted by Crippen LogP contribution is 2.29. The van der Waals surface area contributed by atoms with Crippen LogP contribution in [0, 0.1) is 11.6 Å². The largest absolute Gasteiger partial charge is 0.457 e. The Labute approximate surface area is 105 Å². The van der Waals surface area contributed by atoms with E-state index in [0.717, 1.165) is 0 Å². The number of hydrogen-bond donors (Lipinski definition) is 0. The zero-order chi connectivity index (χ0) is 13.1. The number of ether oxygens (including phenoxy) is 1. The van der Waals surface area contributed by atoms with Gasteiger partial charge >= 0.3 is 0 Å². The zero-order valence-corrected chi connectivity index (χ0v) is 10.3. The van der Waals surface area contributed by atoms with Crippen molar-refractivity contribution in [3.05, 3.63) is 59.7 Å². The lowest BCUT2D eigenvalue weighted by molar-refractivity contribution is 0.462. The molecule has 2 rings (SSSR count). The van der Waals surface area contributed by atoms with Crippen LogP contribution in [0.5, 0.6) is 11.5 Å². The minimum atomic E-state index is -0.573. The first-order valence-electron chi connectivity index (χ1n) is 5.79. The van der Waals surface area contributed by atoms with E-state index in [0.29, 0.717) is 5.75 Å². The van der Waals surface area contributed by atoms with Gasteiger partial charge in [0.1, 0.15) is 23.1 Å². The number of rotatable bonds is 3. The Balaban J connectivity index is 2.31. The molecule has 0 aliphatic carbocycles. The predicted octanol–water partition coefficient (Wildman–Crippen LogP) is 4.88. The second-order valence-corrected chi connectivity index (χ2v) is 4.37. The van der Waals surface area contributed by atoms with Crippen molar-refractivity contribution in [1.29, 1.82) is 0 Å². The van der Waals surface area contributed by atoms with E-state index >= 15 is 0 Å². The Kier molecular flexibility index (Phi) is 3.60. The van der Waals surface area contributed by atoms with Gasteiger partial charge in [0.25, 0.3) is 0 Å². The summed E-state index contributed by atoms with van der Waals surface area (Å²) in [7, 11) is 0. The predicted molar refractivity (Wildman–Crippen MR) is 67.0 cm³/mol. The smallest absolute Gasteiger partial charge is 0.133 e. The van der Waals surface area contributed by atoms with Gasteiger partial charge in [-0.15, -0.1) is 0 Å². The second kappa shape index (κ2) is 5.17. The van der Waals surface area contributed by atoms with Crippen LogP contribution in [0.4, 0.5) is 8.78 Å². The zero-order valence-electron chi connectivity index (χ0n) is 10.3. The van der Waals surface area contributed by atoms with Gasteiger partial charge < -0.3 is 4.74 Å². The van der Waals surface area contributed by atoms with Gasteiger partial charge in [-0.1, -0.05) is 32.0 Å². The number of hydrogen-bond acceptors (Lipinski definition) is 1. The molecule has 94 valence electrons. The average molecular weight is 248 g/mol. The van der Waals surface area contributed by atoms with Crippen molar-refractivity contribution in [2.75, 3.05) is 0 Å². The normalized spacial score (nSPS) is 10.7. The van der Waals surface area contributed by atoms with E-state index in [-0.39, 0.29) is 17.2 Å². The number of halogens is 2. The van der Waals surface area contributed by atoms with Gasteiger partial charge in [-0.05, 0) is 18.1 Å². The fraction of sp³-hybridized carbons (Fsp3) is 0.200. The van der Waals surface area contributed by atoms with Crippen LogP contribution in [-0.2, 0) is 0 Å². The van der Waals surface area contributed by atoms with E-state index in [2.05, 4.69) is 0 Å². The highest BCUT2D eigenvalue weighted by molar-refractivity contribution is 5.35. The van der Waals surface area contributed by atoms with Crippen molar-refractivity contribution >= 4 is 0 Å². The van der Waals surface area contributed by atoms with Crippen LogP contribution in [-0.4, -0.2) is 0 Å². The molecule has 0 atom stereocenters. The van der Waals surface area contributed by atoms with Crippen molar-refractivity contribution in [3.63, 3.8) is 0 Å². The van der Waals surface area contributed by atoms with E-state index in [4.69, 9.17) is 4.74 Å². The molecule has 0 amide bonds. The Morgan fingerprint density at radius 3 is 1.94 bits per heavy atom. The summed E-state index contributed by atoms with van der Waals surface area (Å²) >= 11 is 0. The fourth-order valence-corrected chi connectivity index (χ4v) is 1.80. The summed E-state index contributed by atoms with van der Waals surface area (Å²) < 4.78 is 32.9. The summed E-state index contributed by atoms with van der Waals surface area (Å²) in [5, 5.41) is 0. The molecule has 0 saturated heterocycles. The topological polar surface area (TPSA) is 9.23 Å². The number of para-hydroxylation sites is 1. The summed E-state index contributed by atoms with van der Waals surface area (Å²) in [6.45, 7) is 3.50. The third kappa shape index (κ3) is 2.67. The molecule has 0 heterocycles. The summed E-state index contributed by atoms with van der Waals surface area (Å²) in [6.07, 6.45) is 0. The molecular weight excluding hydrogens is 234 g/mol. The van der Waals surface area contributed by atoms with Gasteiger partial charge in [0, 0.05) is 17.7 Å². The molecule has 0 aromatic heterocycles. The van der Waals surface area contributed by atoms with Crippen molar-refractivity contribution in [3.8, 4) is 11.5 Å². The van der Waals surface area contributed by atoms with E-state index < -0.39 is 11.6 Å². The summed E-state index contributed by atoms with van der Waals surface area (Å²) in [5.41, 5.74) is 0.0930. The third-order valence-corrected chi connectivity index (χ3v) is 2.61. The van der Waals surface area contributed by atoms with E-state index in [9.17, 15) is 8.78 Å². The third-order valence-electron chi connectivity index (χ3n) is 2.61. The maximum Gasteiger partial charge on any atom is 0.133 e. The SMILES string of the molecule is CC(C)c1c(F)cc(Oc2ccccc2)cc1F. The lowest BCUT2D eigenvalue weighted by Gasteiger charge is -2.11.